The SMILES string of the molecule is CSCC(=O)Nc1cc(O)ccc1N. The van der Waals surface area contributed by atoms with Gasteiger partial charge in [-0.1, -0.05) is 0 Å². The summed E-state index contributed by atoms with van der Waals surface area (Å²) in [5.74, 6) is 0.322. The summed E-state index contributed by atoms with van der Waals surface area (Å²) in [5.41, 5.74) is 6.49. The van der Waals surface area contributed by atoms with E-state index < -0.39 is 0 Å². The first-order valence-electron chi connectivity index (χ1n) is 4.00. The first kappa shape index (κ1) is 10.7. The van der Waals surface area contributed by atoms with Crippen molar-refractivity contribution < 1.29 is 9.90 Å². The average molecular weight is 212 g/mol. The number of rotatable bonds is 3. The van der Waals surface area contributed by atoms with Gasteiger partial charge >= 0.3 is 0 Å². The summed E-state index contributed by atoms with van der Waals surface area (Å²) < 4.78 is 0. The quantitative estimate of drug-likeness (QED) is 0.521. The van der Waals surface area contributed by atoms with Gasteiger partial charge in [0.1, 0.15) is 5.75 Å². The number of phenolic OH excluding ortho intramolecular Hbond substituents is 1. The number of hydrogen-bond acceptors (Lipinski definition) is 4. The molecule has 0 aliphatic rings. The van der Waals surface area contributed by atoms with Crippen molar-refractivity contribution >= 4 is 29.0 Å². The van der Waals surface area contributed by atoms with Crippen LogP contribution in [0.1, 0.15) is 0 Å². The Balaban J connectivity index is 2.75. The third kappa shape index (κ3) is 2.85. The van der Waals surface area contributed by atoms with Gasteiger partial charge < -0.3 is 16.2 Å². The van der Waals surface area contributed by atoms with Crippen LogP contribution in [0.3, 0.4) is 0 Å². The molecular weight excluding hydrogens is 200 g/mol. The fraction of sp³-hybridized carbons (Fsp3) is 0.222. The van der Waals surface area contributed by atoms with Crippen LogP contribution in [0.15, 0.2) is 18.2 Å². The van der Waals surface area contributed by atoms with Crippen LogP contribution in [0.4, 0.5) is 11.4 Å². The number of hydrogen-bond donors (Lipinski definition) is 3. The van der Waals surface area contributed by atoms with Gasteiger partial charge in [-0.05, 0) is 18.4 Å². The van der Waals surface area contributed by atoms with Gasteiger partial charge in [0.25, 0.3) is 0 Å². The second-order valence-electron chi connectivity index (χ2n) is 2.75. The van der Waals surface area contributed by atoms with Crippen LogP contribution in [0, 0.1) is 0 Å². The summed E-state index contributed by atoms with van der Waals surface area (Å²) in [6, 6.07) is 4.44. The number of thioether (sulfide) groups is 1. The summed E-state index contributed by atoms with van der Waals surface area (Å²) in [4.78, 5) is 11.2. The smallest absolute Gasteiger partial charge is 0.234 e. The second kappa shape index (κ2) is 4.76. The Morgan fingerprint density at radius 1 is 1.64 bits per heavy atom. The van der Waals surface area contributed by atoms with E-state index >= 15 is 0 Å². The van der Waals surface area contributed by atoms with Crippen LogP contribution >= 0.6 is 11.8 Å². The largest absolute Gasteiger partial charge is 0.508 e. The lowest BCUT2D eigenvalue weighted by Crippen LogP contribution is -2.14. The van der Waals surface area contributed by atoms with Crippen LogP contribution in [0.2, 0.25) is 0 Å². The van der Waals surface area contributed by atoms with Crippen LogP contribution < -0.4 is 11.1 Å². The number of anilines is 2. The van der Waals surface area contributed by atoms with E-state index in [1.54, 1.807) is 6.07 Å². The Morgan fingerprint density at radius 2 is 2.36 bits per heavy atom. The Morgan fingerprint density at radius 3 is 3.00 bits per heavy atom. The molecule has 76 valence electrons. The molecule has 1 aromatic carbocycles. The highest BCUT2D eigenvalue weighted by Crippen LogP contribution is 2.23. The van der Waals surface area contributed by atoms with Crippen molar-refractivity contribution in [2.75, 3.05) is 23.1 Å². The summed E-state index contributed by atoms with van der Waals surface area (Å²) in [7, 11) is 0. The molecule has 0 radical (unpaired) electrons. The van der Waals surface area contributed by atoms with Crippen LogP contribution in [0.25, 0.3) is 0 Å². The zero-order chi connectivity index (χ0) is 10.6. The molecule has 4 nitrogen and oxygen atoms in total. The minimum Gasteiger partial charge on any atom is -0.508 e. The van der Waals surface area contributed by atoms with E-state index in [2.05, 4.69) is 5.32 Å². The molecule has 0 saturated carbocycles. The van der Waals surface area contributed by atoms with E-state index in [4.69, 9.17) is 10.8 Å². The summed E-state index contributed by atoms with van der Waals surface area (Å²) in [6.07, 6.45) is 1.84. The average Bonchev–Trinajstić information content (AvgIpc) is 2.12. The van der Waals surface area contributed by atoms with Gasteiger partial charge in [0.15, 0.2) is 0 Å². The van der Waals surface area contributed by atoms with E-state index in [1.165, 1.54) is 23.9 Å². The maximum atomic E-state index is 11.2. The summed E-state index contributed by atoms with van der Waals surface area (Å²) >= 11 is 1.42. The Hall–Kier alpha value is -1.36. The molecule has 14 heavy (non-hydrogen) atoms. The Labute approximate surface area is 86.5 Å². The van der Waals surface area contributed by atoms with Crippen molar-refractivity contribution in [3.05, 3.63) is 18.2 Å². The minimum atomic E-state index is -0.130. The second-order valence-corrected chi connectivity index (χ2v) is 3.62. The number of aromatic hydroxyl groups is 1. The first-order valence-corrected chi connectivity index (χ1v) is 5.40. The van der Waals surface area contributed by atoms with E-state index in [1.807, 2.05) is 6.26 Å². The molecule has 0 aliphatic heterocycles. The number of carbonyl (C=O) groups excluding carboxylic acids is 1. The molecule has 0 aliphatic carbocycles. The van der Waals surface area contributed by atoms with E-state index in [-0.39, 0.29) is 11.7 Å². The monoisotopic (exact) mass is 212 g/mol. The maximum absolute atomic E-state index is 11.2. The van der Waals surface area contributed by atoms with Crippen LogP contribution in [-0.2, 0) is 4.79 Å². The predicted molar refractivity (Wildman–Crippen MR) is 59.5 cm³/mol. The molecule has 0 bridgehead atoms. The molecule has 0 saturated heterocycles. The zero-order valence-electron chi connectivity index (χ0n) is 7.78. The highest BCUT2D eigenvalue weighted by atomic mass is 32.2. The number of amides is 1. The van der Waals surface area contributed by atoms with E-state index in [9.17, 15) is 4.79 Å². The molecule has 4 N–H and O–H groups in total. The molecule has 1 amide bonds. The Kier molecular flexibility index (Phi) is 3.64. The van der Waals surface area contributed by atoms with Crippen LogP contribution in [-0.4, -0.2) is 23.0 Å². The van der Waals surface area contributed by atoms with Crippen molar-refractivity contribution in [1.29, 1.82) is 0 Å². The molecule has 0 fully saturated rings. The number of nitrogens with one attached hydrogen (secondary N) is 1. The van der Waals surface area contributed by atoms with Crippen molar-refractivity contribution in [3.8, 4) is 5.75 Å². The van der Waals surface area contributed by atoms with Crippen molar-refractivity contribution in [2.24, 2.45) is 0 Å². The number of carbonyl (C=O) groups is 1. The van der Waals surface area contributed by atoms with Gasteiger partial charge in [-0.25, -0.2) is 0 Å². The standard InChI is InChI=1S/C9H12N2O2S/c1-14-5-9(13)11-8-4-6(12)2-3-7(8)10/h2-4,12H,5,10H2,1H3,(H,11,13). The molecule has 0 heterocycles. The summed E-state index contributed by atoms with van der Waals surface area (Å²) in [6.45, 7) is 0. The van der Waals surface area contributed by atoms with Gasteiger partial charge in [-0.15, -0.1) is 0 Å². The maximum Gasteiger partial charge on any atom is 0.234 e. The van der Waals surface area contributed by atoms with Gasteiger partial charge in [-0.2, -0.15) is 11.8 Å². The van der Waals surface area contributed by atoms with E-state index in [0.717, 1.165) is 0 Å². The topological polar surface area (TPSA) is 75.3 Å². The molecule has 0 atom stereocenters. The summed E-state index contributed by atoms with van der Waals surface area (Å²) in [5, 5.41) is 11.8. The number of phenols is 1. The van der Waals surface area contributed by atoms with Gasteiger partial charge in [0, 0.05) is 6.07 Å². The molecule has 5 heteroatoms. The number of nitrogens with two attached hydrogens (primary N) is 1. The molecule has 0 aromatic heterocycles. The fourth-order valence-corrected chi connectivity index (χ4v) is 1.30. The fourth-order valence-electron chi connectivity index (χ4n) is 0.970. The lowest BCUT2D eigenvalue weighted by atomic mass is 10.2. The number of nitrogen functional groups attached to an aromatic ring is 1. The molecule has 0 unspecified atom stereocenters. The molecule has 1 aromatic rings. The molecular formula is C9H12N2O2S. The van der Waals surface area contributed by atoms with Crippen LogP contribution in [0.5, 0.6) is 5.75 Å². The van der Waals surface area contributed by atoms with Crippen molar-refractivity contribution in [1.82, 2.24) is 0 Å². The van der Waals surface area contributed by atoms with Crippen molar-refractivity contribution in [3.63, 3.8) is 0 Å². The highest BCUT2D eigenvalue weighted by molar-refractivity contribution is 7.99. The Bertz CT molecular complexity index is 342. The van der Waals surface area contributed by atoms with Gasteiger partial charge in [0.05, 0.1) is 17.1 Å². The third-order valence-electron chi connectivity index (χ3n) is 1.59. The first-order chi connectivity index (χ1) is 6.63. The van der Waals surface area contributed by atoms with Gasteiger partial charge in [0.2, 0.25) is 5.91 Å². The lowest BCUT2D eigenvalue weighted by Gasteiger charge is -2.07. The van der Waals surface area contributed by atoms with E-state index in [0.29, 0.717) is 17.1 Å². The molecule has 0 spiro atoms. The molecule has 1 rings (SSSR count). The number of benzene rings is 1. The van der Waals surface area contributed by atoms with Crippen molar-refractivity contribution in [2.45, 2.75) is 0 Å². The third-order valence-corrected chi connectivity index (χ3v) is 2.14. The predicted octanol–water partition coefficient (Wildman–Crippen LogP) is 1.28. The zero-order valence-corrected chi connectivity index (χ0v) is 8.60. The minimum absolute atomic E-state index is 0.0821. The lowest BCUT2D eigenvalue weighted by molar-refractivity contribution is -0.113. The van der Waals surface area contributed by atoms with Gasteiger partial charge in [-0.3, -0.25) is 4.79 Å². The highest BCUT2D eigenvalue weighted by Gasteiger charge is 2.04. The normalized spacial score (nSPS) is 9.79.